The van der Waals surface area contributed by atoms with Crippen molar-refractivity contribution in [1.82, 2.24) is 14.7 Å². The number of allylic oxidation sites excluding steroid dienone is 1. The van der Waals surface area contributed by atoms with Crippen LogP contribution in [0.3, 0.4) is 0 Å². The van der Waals surface area contributed by atoms with Gasteiger partial charge in [0.2, 0.25) is 5.91 Å². The third kappa shape index (κ3) is 4.83. The number of thiophene rings is 1. The summed E-state index contributed by atoms with van der Waals surface area (Å²) < 4.78 is 58.0. The second-order valence-corrected chi connectivity index (χ2v) is 9.32. The molecule has 3 heterocycles. The number of hydrogen-bond acceptors (Lipinski definition) is 4. The fourth-order valence-corrected chi connectivity index (χ4v) is 5.37. The van der Waals surface area contributed by atoms with Crippen molar-refractivity contribution in [2.75, 3.05) is 12.4 Å². The van der Waals surface area contributed by atoms with Crippen LogP contribution in [-0.4, -0.2) is 33.0 Å². The molecule has 11 heteroatoms. The molecule has 182 valence electrons. The van der Waals surface area contributed by atoms with Crippen molar-refractivity contribution < 1.29 is 22.4 Å². The number of benzene rings is 1. The van der Waals surface area contributed by atoms with Gasteiger partial charge in [0.05, 0.1) is 6.54 Å². The molecule has 0 saturated heterocycles. The molecule has 5 nitrogen and oxygen atoms in total. The molecule has 0 saturated carbocycles. The summed E-state index contributed by atoms with van der Waals surface area (Å²) in [6.07, 6.45) is -0.786. The molecule has 1 aliphatic heterocycles. The van der Waals surface area contributed by atoms with Crippen molar-refractivity contribution in [3.63, 3.8) is 0 Å². The van der Waals surface area contributed by atoms with Crippen molar-refractivity contribution in [2.45, 2.75) is 32.1 Å². The Balaban J connectivity index is 1.91. The number of aryl methyl sites for hydroxylation is 1. The molecule has 0 N–H and O–H groups in total. The first-order chi connectivity index (χ1) is 16.7. The molecule has 3 aromatic rings. The van der Waals surface area contributed by atoms with Crippen molar-refractivity contribution >= 4 is 28.8 Å². The number of rotatable bonds is 5. The van der Waals surface area contributed by atoms with Crippen molar-refractivity contribution in [2.24, 2.45) is 0 Å². The van der Waals surface area contributed by atoms with Crippen LogP contribution in [0.25, 0.3) is 11.1 Å². The highest BCUT2D eigenvalue weighted by molar-refractivity contribution is 7.12. The van der Waals surface area contributed by atoms with Crippen LogP contribution in [0, 0.1) is 17.1 Å². The molecule has 4 rings (SSSR count). The molecular formula is C24H19ClF4N4OS. The Morgan fingerprint density at radius 2 is 2.14 bits per heavy atom. The molecule has 0 radical (unpaired) electrons. The number of aromatic nitrogens is 2. The van der Waals surface area contributed by atoms with Gasteiger partial charge < -0.3 is 4.90 Å². The molecule has 1 atom stereocenters. The van der Waals surface area contributed by atoms with Crippen LogP contribution in [-0.2, 0) is 24.1 Å². The maximum Gasteiger partial charge on any atom is 0.435 e. The van der Waals surface area contributed by atoms with E-state index in [0.717, 1.165) is 15.6 Å². The monoisotopic (exact) mass is 522 g/mol. The molecule has 1 aliphatic rings. The molecule has 0 spiro atoms. The fourth-order valence-electron chi connectivity index (χ4n) is 4.25. The topological polar surface area (TPSA) is 61.9 Å². The highest BCUT2D eigenvalue weighted by atomic mass is 35.5. The summed E-state index contributed by atoms with van der Waals surface area (Å²) in [6, 6.07) is 7.83. The summed E-state index contributed by atoms with van der Waals surface area (Å²) >= 11 is 6.86. The number of halogens is 5. The second-order valence-electron chi connectivity index (χ2n) is 7.88. The summed E-state index contributed by atoms with van der Waals surface area (Å²) in [5.41, 5.74) is -0.780. The van der Waals surface area contributed by atoms with Gasteiger partial charge in [-0.1, -0.05) is 18.2 Å². The van der Waals surface area contributed by atoms with Crippen LogP contribution in [0.5, 0.6) is 0 Å². The minimum Gasteiger partial charge on any atom is -0.333 e. The van der Waals surface area contributed by atoms with Crippen molar-refractivity contribution in [3.05, 3.63) is 75.0 Å². The zero-order valence-electron chi connectivity index (χ0n) is 18.4. The smallest absolute Gasteiger partial charge is 0.333 e. The number of fused-ring (bicyclic) bond motifs is 1. The van der Waals surface area contributed by atoms with E-state index in [1.165, 1.54) is 40.7 Å². The standard InChI is InChI=1S/C24H19ClF4N4OS/c1-2-33-12-18(23(31-33)24(27,28)29)22-15(5-3-6-19(22)26)17-11-32(21(34)7-4-8-25)13-20-16(17)9-14(10-30)35-20/h3-7,9,12,17H,2,8,11,13H2,1H3/b7-4+. The van der Waals surface area contributed by atoms with Gasteiger partial charge in [-0.25, -0.2) is 4.39 Å². The van der Waals surface area contributed by atoms with Gasteiger partial charge >= 0.3 is 6.18 Å². The Labute approximate surface area is 207 Å². The lowest BCUT2D eigenvalue weighted by Crippen LogP contribution is -2.37. The maximum absolute atomic E-state index is 15.3. The first-order valence-electron chi connectivity index (χ1n) is 10.6. The predicted molar refractivity (Wildman–Crippen MR) is 124 cm³/mol. The van der Waals surface area contributed by atoms with E-state index in [2.05, 4.69) is 11.2 Å². The molecule has 2 aromatic heterocycles. The number of amides is 1. The van der Waals surface area contributed by atoms with Gasteiger partial charge in [0.15, 0.2) is 5.69 Å². The lowest BCUT2D eigenvalue weighted by Gasteiger charge is -2.33. The molecule has 0 fully saturated rings. The molecule has 1 unspecified atom stereocenters. The first-order valence-corrected chi connectivity index (χ1v) is 12.0. The number of hydrogen-bond donors (Lipinski definition) is 0. The normalized spacial score (nSPS) is 15.9. The summed E-state index contributed by atoms with van der Waals surface area (Å²) in [5, 5.41) is 13.1. The van der Waals surface area contributed by atoms with E-state index in [9.17, 15) is 23.2 Å². The maximum atomic E-state index is 15.3. The van der Waals surface area contributed by atoms with E-state index in [0.29, 0.717) is 10.4 Å². The zero-order valence-corrected chi connectivity index (χ0v) is 20.0. The van der Waals surface area contributed by atoms with Gasteiger partial charge in [0.1, 0.15) is 16.8 Å². The van der Waals surface area contributed by atoms with Gasteiger partial charge in [0.25, 0.3) is 0 Å². The fraction of sp³-hybridized carbons (Fsp3) is 0.292. The number of carbonyl (C=O) groups excluding carboxylic acids is 1. The van der Waals surface area contributed by atoms with E-state index in [4.69, 9.17) is 11.6 Å². The Morgan fingerprint density at radius 1 is 1.37 bits per heavy atom. The third-order valence-corrected chi connectivity index (χ3v) is 6.99. The number of nitrogens with zero attached hydrogens (tertiary/aromatic N) is 4. The Bertz CT molecular complexity index is 1340. The zero-order chi connectivity index (χ0) is 25.3. The van der Waals surface area contributed by atoms with Crippen LogP contribution >= 0.6 is 22.9 Å². The van der Waals surface area contributed by atoms with Crippen LogP contribution in [0.2, 0.25) is 0 Å². The Morgan fingerprint density at radius 3 is 2.80 bits per heavy atom. The summed E-state index contributed by atoms with van der Waals surface area (Å²) in [5.74, 6) is -1.67. The summed E-state index contributed by atoms with van der Waals surface area (Å²) in [4.78, 5) is 15.4. The van der Waals surface area contributed by atoms with E-state index >= 15 is 4.39 Å². The van der Waals surface area contributed by atoms with Crippen LogP contribution in [0.15, 0.2) is 42.6 Å². The van der Waals surface area contributed by atoms with Crippen LogP contribution in [0.1, 0.15) is 39.4 Å². The quantitative estimate of drug-likeness (QED) is 0.237. The van der Waals surface area contributed by atoms with E-state index in [1.54, 1.807) is 19.1 Å². The SMILES string of the molecule is CCn1cc(-c2c(F)cccc2C2CN(C(=O)/C=C/CCl)Cc3sc(C#N)cc32)c(C(F)(F)F)n1. The summed E-state index contributed by atoms with van der Waals surface area (Å²) in [6.45, 7) is 2.14. The van der Waals surface area contributed by atoms with Gasteiger partial charge in [-0.15, -0.1) is 22.9 Å². The average Bonchev–Trinajstić information content (AvgIpc) is 3.45. The number of carbonyl (C=O) groups is 1. The minimum atomic E-state index is -4.79. The Kier molecular flexibility index (Phi) is 7.01. The van der Waals surface area contributed by atoms with Gasteiger partial charge in [-0.2, -0.15) is 23.5 Å². The molecule has 0 bridgehead atoms. The van der Waals surface area contributed by atoms with E-state index in [1.807, 2.05) is 0 Å². The first kappa shape index (κ1) is 24.9. The minimum absolute atomic E-state index is 0.0970. The van der Waals surface area contributed by atoms with Crippen LogP contribution < -0.4 is 0 Å². The highest BCUT2D eigenvalue weighted by Crippen LogP contribution is 2.45. The molecule has 1 aromatic carbocycles. The van der Waals surface area contributed by atoms with Crippen LogP contribution in [0.4, 0.5) is 17.6 Å². The Hall–Kier alpha value is -3.16. The predicted octanol–water partition coefficient (Wildman–Crippen LogP) is 5.93. The number of nitriles is 1. The van der Waals surface area contributed by atoms with E-state index in [-0.39, 0.29) is 48.1 Å². The van der Waals surface area contributed by atoms with Gasteiger partial charge in [0, 0.05) is 53.2 Å². The molecule has 0 aliphatic carbocycles. The lowest BCUT2D eigenvalue weighted by molar-refractivity contribution is -0.141. The largest absolute Gasteiger partial charge is 0.435 e. The highest BCUT2D eigenvalue weighted by Gasteiger charge is 2.40. The second kappa shape index (κ2) is 9.84. The molecule has 1 amide bonds. The molecular weight excluding hydrogens is 504 g/mol. The molecule has 35 heavy (non-hydrogen) atoms. The van der Waals surface area contributed by atoms with E-state index < -0.39 is 23.6 Å². The summed E-state index contributed by atoms with van der Waals surface area (Å²) in [7, 11) is 0. The van der Waals surface area contributed by atoms with Gasteiger partial charge in [-0.3, -0.25) is 9.48 Å². The lowest BCUT2D eigenvalue weighted by atomic mass is 9.83. The van der Waals surface area contributed by atoms with Crippen molar-refractivity contribution in [1.29, 1.82) is 5.26 Å². The van der Waals surface area contributed by atoms with Crippen molar-refractivity contribution in [3.8, 4) is 17.2 Å². The average molecular weight is 523 g/mol. The third-order valence-electron chi connectivity index (χ3n) is 5.77. The van der Waals surface area contributed by atoms with Gasteiger partial charge in [-0.05, 0) is 30.2 Å². The number of alkyl halides is 4.